The van der Waals surface area contributed by atoms with Crippen LogP contribution in [0.5, 0.6) is 0 Å². The van der Waals surface area contributed by atoms with E-state index in [4.69, 9.17) is 4.98 Å². The van der Waals surface area contributed by atoms with E-state index in [0.29, 0.717) is 24.6 Å². The summed E-state index contributed by atoms with van der Waals surface area (Å²) in [7, 11) is 0. The van der Waals surface area contributed by atoms with Crippen LogP contribution in [0, 0.1) is 24.6 Å². The molecule has 1 aromatic heterocycles. The summed E-state index contributed by atoms with van der Waals surface area (Å²) in [5.74, 6) is 1.15. The molecule has 2 aromatic rings. The molecular weight excluding hydrogens is 429 g/mol. The van der Waals surface area contributed by atoms with Crippen molar-refractivity contribution in [1.29, 1.82) is 0 Å². The third-order valence-corrected chi connectivity index (χ3v) is 8.11. The number of hydrogen-bond acceptors (Lipinski definition) is 3. The molecular formula is C28H34FN3O2. The van der Waals surface area contributed by atoms with Crippen molar-refractivity contribution in [3.8, 4) is 0 Å². The molecule has 1 aromatic carbocycles. The number of piperidine rings is 2. The van der Waals surface area contributed by atoms with Crippen molar-refractivity contribution in [3.63, 3.8) is 0 Å². The molecule has 3 fully saturated rings. The van der Waals surface area contributed by atoms with Gasteiger partial charge in [-0.05, 0) is 74.8 Å². The first-order valence-corrected chi connectivity index (χ1v) is 12.8. The van der Waals surface area contributed by atoms with Gasteiger partial charge in [-0.1, -0.05) is 25.3 Å². The molecule has 0 N–H and O–H groups in total. The van der Waals surface area contributed by atoms with Crippen molar-refractivity contribution in [2.24, 2.45) is 11.8 Å². The van der Waals surface area contributed by atoms with Gasteiger partial charge >= 0.3 is 0 Å². The third kappa shape index (κ3) is 4.73. The summed E-state index contributed by atoms with van der Waals surface area (Å²) >= 11 is 0. The number of pyridine rings is 1. The Bertz CT molecular complexity index is 1060. The molecule has 6 heteroatoms. The number of benzene rings is 1. The molecule has 1 saturated carbocycles. The Morgan fingerprint density at radius 3 is 2.38 bits per heavy atom. The first-order chi connectivity index (χ1) is 16.5. The van der Waals surface area contributed by atoms with E-state index in [0.717, 1.165) is 55.2 Å². The zero-order valence-electron chi connectivity index (χ0n) is 20.0. The fraction of sp³-hybridized carbons (Fsp3) is 0.536. The number of amides is 2. The highest BCUT2D eigenvalue weighted by molar-refractivity contribution is 5.96. The molecule has 2 aliphatic heterocycles. The molecule has 2 atom stereocenters. The van der Waals surface area contributed by atoms with Crippen LogP contribution in [0.2, 0.25) is 0 Å². The molecule has 3 heterocycles. The lowest BCUT2D eigenvalue weighted by Gasteiger charge is -2.41. The monoisotopic (exact) mass is 463 g/mol. The summed E-state index contributed by atoms with van der Waals surface area (Å²) < 4.78 is 13.6. The Morgan fingerprint density at radius 2 is 1.62 bits per heavy atom. The molecule has 180 valence electrons. The van der Waals surface area contributed by atoms with Crippen LogP contribution in [0.1, 0.15) is 83.0 Å². The number of fused-ring (bicyclic) bond motifs is 1. The van der Waals surface area contributed by atoms with Crippen LogP contribution in [-0.2, 0) is 0 Å². The molecule has 3 aliphatic rings. The van der Waals surface area contributed by atoms with Crippen LogP contribution in [0.15, 0.2) is 36.4 Å². The number of aromatic nitrogens is 1. The van der Waals surface area contributed by atoms with Crippen LogP contribution in [0.4, 0.5) is 4.39 Å². The van der Waals surface area contributed by atoms with Crippen LogP contribution >= 0.6 is 0 Å². The van der Waals surface area contributed by atoms with Gasteiger partial charge in [-0.25, -0.2) is 4.39 Å². The Labute approximate surface area is 201 Å². The minimum Gasteiger partial charge on any atom is -0.339 e. The highest BCUT2D eigenvalue weighted by Gasteiger charge is 2.35. The quantitative estimate of drug-likeness (QED) is 0.629. The maximum atomic E-state index is 13.6. The van der Waals surface area contributed by atoms with E-state index in [-0.39, 0.29) is 17.7 Å². The maximum Gasteiger partial charge on any atom is 0.255 e. The van der Waals surface area contributed by atoms with Gasteiger partial charge in [0.25, 0.3) is 11.8 Å². The van der Waals surface area contributed by atoms with Crippen molar-refractivity contribution >= 4 is 11.8 Å². The van der Waals surface area contributed by atoms with Gasteiger partial charge in [0.1, 0.15) is 5.82 Å². The van der Waals surface area contributed by atoms with Crippen LogP contribution in [0.25, 0.3) is 0 Å². The van der Waals surface area contributed by atoms with Gasteiger partial charge in [-0.3, -0.25) is 14.6 Å². The molecule has 1 aliphatic carbocycles. The largest absolute Gasteiger partial charge is 0.339 e. The number of hydrogen-bond donors (Lipinski definition) is 0. The van der Waals surface area contributed by atoms with Crippen molar-refractivity contribution in [2.45, 2.75) is 57.8 Å². The highest BCUT2D eigenvalue weighted by atomic mass is 19.1. The Hall–Kier alpha value is -2.76. The van der Waals surface area contributed by atoms with Crippen molar-refractivity contribution in [1.82, 2.24) is 14.8 Å². The molecule has 0 radical (unpaired) electrons. The fourth-order valence-corrected chi connectivity index (χ4v) is 6.18. The first kappa shape index (κ1) is 23.0. The molecule has 5 rings (SSSR count). The number of halogens is 1. The Kier molecular flexibility index (Phi) is 6.66. The van der Waals surface area contributed by atoms with E-state index in [1.54, 1.807) is 17.0 Å². The third-order valence-electron chi connectivity index (χ3n) is 8.11. The standard InChI is InChI=1S/C28H34FN3O2/c1-19-9-10-25(28(34)32-16-11-20-5-2-3-6-23(20)18-32)26(30-19)21-12-14-31(15-13-21)27(33)22-7-4-8-24(29)17-22/h4,7-10,17,20-21,23H,2-3,5-6,11-16,18H2,1H3. The molecule has 5 nitrogen and oxygen atoms in total. The molecule has 34 heavy (non-hydrogen) atoms. The highest BCUT2D eigenvalue weighted by Crippen LogP contribution is 2.37. The number of rotatable bonds is 3. The average Bonchev–Trinajstić information content (AvgIpc) is 2.87. The van der Waals surface area contributed by atoms with E-state index < -0.39 is 5.82 Å². The van der Waals surface area contributed by atoms with Gasteiger partial charge in [0.05, 0.1) is 11.3 Å². The number of carbonyl (C=O) groups is 2. The zero-order valence-corrected chi connectivity index (χ0v) is 20.0. The summed E-state index contributed by atoms with van der Waals surface area (Å²) in [6, 6.07) is 9.76. The van der Waals surface area contributed by atoms with Gasteiger partial charge in [0.2, 0.25) is 0 Å². The summed E-state index contributed by atoms with van der Waals surface area (Å²) in [6.07, 6.45) is 7.80. The normalized spacial score (nSPS) is 23.5. The van der Waals surface area contributed by atoms with E-state index >= 15 is 0 Å². The SMILES string of the molecule is Cc1ccc(C(=O)N2CCC3CCCCC3C2)c(C2CCN(C(=O)c3cccc(F)c3)CC2)n1. The number of likely N-dealkylation sites (tertiary alicyclic amines) is 2. The van der Waals surface area contributed by atoms with Gasteiger partial charge in [-0.15, -0.1) is 0 Å². The van der Waals surface area contributed by atoms with E-state index in [9.17, 15) is 14.0 Å². The van der Waals surface area contributed by atoms with Crippen molar-refractivity contribution in [2.75, 3.05) is 26.2 Å². The van der Waals surface area contributed by atoms with Crippen molar-refractivity contribution < 1.29 is 14.0 Å². The smallest absolute Gasteiger partial charge is 0.255 e. The summed E-state index contributed by atoms with van der Waals surface area (Å²) in [4.78, 5) is 35.1. The predicted octanol–water partition coefficient (Wildman–Crippen LogP) is 5.20. The zero-order chi connectivity index (χ0) is 23.7. The lowest BCUT2D eigenvalue weighted by atomic mass is 9.75. The van der Waals surface area contributed by atoms with Gasteiger partial charge < -0.3 is 9.80 Å². The van der Waals surface area contributed by atoms with Gasteiger partial charge in [0, 0.05) is 43.4 Å². The van der Waals surface area contributed by atoms with E-state index in [2.05, 4.69) is 4.90 Å². The number of nitrogens with zero attached hydrogens (tertiary/aromatic N) is 3. The lowest BCUT2D eigenvalue weighted by molar-refractivity contribution is 0.0517. The molecule has 2 saturated heterocycles. The summed E-state index contributed by atoms with van der Waals surface area (Å²) in [5, 5.41) is 0. The summed E-state index contributed by atoms with van der Waals surface area (Å²) in [6.45, 7) is 4.84. The second-order valence-electron chi connectivity index (χ2n) is 10.3. The van der Waals surface area contributed by atoms with Crippen LogP contribution in [0.3, 0.4) is 0 Å². The topological polar surface area (TPSA) is 53.5 Å². The lowest BCUT2D eigenvalue weighted by Crippen LogP contribution is -2.45. The summed E-state index contributed by atoms with van der Waals surface area (Å²) in [5.41, 5.74) is 2.91. The molecule has 2 amide bonds. The molecule has 0 bridgehead atoms. The second kappa shape index (κ2) is 9.85. The van der Waals surface area contributed by atoms with Gasteiger partial charge in [0.15, 0.2) is 0 Å². The Morgan fingerprint density at radius 1 is 0.882 bits per heavy atom. The van der Waals surface area contributed by atoms with Crippen molar-refractivity contribution in [3.05, 3.63) is 64.7 Å². The van der Waals surface area contributed by atoms with E-state index in [1.165, 1.54) is 37.8 Å². The minimum atomic E-state index is -0.398. The fourth-order valence-electron chi connectivity index (χ4n) is 6.18. The minimum absolute atomic E-state index is 0.116. The van der Waals surface area contributed by atoms with E-state index in [1.807, 2.05) is 19.1 Å². The predicted molar refractivity (Wildman–Crippen MR) is 129 cm³/mol. The Balaban J connectivity index is 1.29. The maximum absolute atomic E-state index is 13.6. The second-order valence-corrected chi connectivity index (χ2v) is 10.3. The van der Waals surface area contributed by atoms with Gasteiger partial charge in [-0.2, -0.15) is 0 Å². The average molecular weight is 464 g/mol. The number of carbonyl (C=O) groups excluding carboxylic acids is 2. The van der Waals surface area contributed by atoms with Crippen LogP contribution in [-0.4, -0.2) is 52.8 Å². The first-order valence-electron chi connectivity index (χ1n) is 12.8. The number of aryl methyl sites for hydroxylation is 1. The molecule has 0 spiro atoms. The molecule has 2 unspecified atom stereocenters. The van der Waals surface area contributed by atoms with Crippen LogP contribution < -0.4 is 0 Å².